The highest BCUT2D eigenvalue weighted by Gasteiger charge is 2.39. The molecule has 3 unspecified atom stereocenters. The zero-order valence-corrected chi connectivity index (χ0v) is 9.20. The predicted molar refractivity (Wildman–Crippen MR) is 58.8 cm³/mol. The summed E-state index contributed by atoms with van der Waals surface area (Å²) >= 11 is 0. The molecule has 82 valence electrons. The van der Waals surface area contributed by atoms with Crippen molar-refractivity contribution in [1.82, 2.24) is 4.90 Å². The van der Waals surface area contributed by atoms with E-state index in [0.717, 1.165) is 19.5 Å². The fourth-order valence-electron chi connectivity index (χ4n) is 2.87. The molecular formula is C12H18N2O. The van der Waals surface area contributed by atoms with E-state index in [9.17, 15) is 4.79 Å². The fraction of sp³-hybridized carbons (Fsp3) is 0.750. The third kappa shape index (κ3) is 2.00. The van der Waals surface area contributed by atoms with Gasteiger partial charge in [0.1, 0.15) is 0 Å². The number of likely N-dealkylation sites (tertiary alicyclic amines) is 1. The van der Waals surface area contributed by atoms with Gasteiger partial charge in [0.25, 0.3) is 5.91 Å². The first-order chi connectivity index (χ1) is 7.22. The number of fused-ring (bicyclic) bond motifs is 1. The Kier molecular flexibility index (Phi) is 2.97. The Labute approximate surface area is 91.0 Å². The van der Waals surface area contributed by atoms with Crippen LogP contribution in [-0.4, -0.2) is 29.9 Å². The fourth-order valence-corrected chi connectivity index (χ4v) is 2.87. The highest BCUT2D eigenvalue weighted by Crippen LogP contribution is 2.35. The summed E-state index contributed by atoms with van der Waals surface area (Å²) in [7, 11) is 0. The molecule has 1 saturated carbocycles. The van der Waals surface area contributed by atoms with E-state index in [1.54, 1.807) is 6.92 Å². The molecule has 2 N–H and O–H groups in total. The summed E-state index contributed by atoms with van der Waals surface area (Å²) in [5.74, 6) is 6.38. The number of amides is 1. The van der Waals surface area contributed by atoms with Crippen molar-refractivity contribution < 1.29 is 4.79 Å². The molecule has 1 aliphatic carbocycles. The van der Waals surface area contributed by atoms with Gasteiger partial charge in [-0.1, -0.05) is 12.3 Å². The summed E-state index contributed by atoms with van der Waals surface area (Å²) < 4.78 is 0. The number of hydrogen-bond acceptors (Lipinski definition) is 2. The first-order valence-electron chi connectivity index (χ1n) is 5.69. The topological polar surface area (TPSA) is 46.3 Å². The Balaban J connectivity index is 2.02. The Hall–Kier alpha value is -1.01. The molecule has 0 radical (unpaired) electrons. The Morgan fingerprint density at radius 3 is 2.87 bits per heavy atom. The zero-order valence-electron chi connectivity index (χ0n) is 9.20. The molecule has 0 bridgehead atoms. The van der Waals surface area contributed by atoms with Gasteiger partial charge in [-0.3, -0.25) is 4.79 Å². The van der Waals surface area contributed by atoms with Crippen molar-refractivity contribution in [3.05, 3.63) is 0 Å². The number of hydrogen-bond donors (Lipinski definition) is 1. The maximum absolute atomic E-state index is 11.6. The predicted octanol–water partition coefficient (Wildman–Crippen LogP) is 0.596. The van der Waals surface area contributed by atoms with E-state index < -0.39 is 0 Å². The molecule has 2 aliphatic rings. The van der Waals surface area contributed by atoms with Crippen molar-refractivity contribution in [3.8, 4) is 11.8 Å². The van der Waals surface area contributed by atoms with E-state index in [0.29, 0.717) is 11.8 Å². The Morgan fingerprint density at radius 1 is 1.40 bits per heavy atom. The van der Waals surface area contributed by atoms with Gasteiger partial charge in [0.2, 0.25) is 0 Å². The molecule has 15 heavy (non-hydrogen) atoms. The van der Waals surface area contributed by atoms with Gasteiger partial charge in [0.15, 0.2) is 0 Å². The number of carbonyl (C=O) groups excluding carboxylic acids is 1. The van der Waals surface area contributed by atoms with Crippen LogP contribution in [0.5, 0.6) is 0 Å². The van der Waals surface area contributed by atoms with E-state index in [1.807, 2.05) is 4.90 Å². The summed E-state index contributed by atoms with van der Waals surface area (Å²) in [5, 5.41) is 0. The molecule has 0 aromatic carbocycles. The lowest BCUT2D eigenvalue weighted by Gasteiger charge is -2.29. The van der Waals surface area contributed by atoms with Crippen LogP contribution in [0.25, 0.3) is 0 Å². The molecule has 0 aromatic heterocycles. The van der Waals surface area contributed by atoms with Crippen LogP contribution in [0.1, 0.15) is 26.2 Å². The molecule has 3 heteroatoms. The van der Waals surface area contributed by atoms with Crippen LogP contribution in [0.2, 0.25) is 0 Å². The smallest absolute Gasteiger partial charge is 0.298 e. The van der Waals surface area contributed by atoms with Crippen LogP contribution in [-0.2, 0) is 4.79 Å². The maximum atomic E-state index is 11.6. The van der Waals surface area contributed by atoms with Crippen LogP contribution in [0.3, 0.4) is 0 Å². The summed E-state index contributed by atoms with van der Waals surface area (Å²) in [6.45, 7) is 3.39. The Bertz CT molecular complexity index is 315. The second-order valence-electron chi connectivity index (χ2n) is 4.60. The number of nitrogens with two attached hydrogens (primary N) is 1. The largest absolute Gasteiger partial charge is 0.331 e. The molecule has 1 heterocycles. The van der Waals surface area contributed by atoms with Gasteiger partial charge in [-0.15, -0.1) is 0 Å². The average molecular weight is 206 g/mol. The average Bonchev–Trinajstić information content (AvgIpc) is 2.63. The van der Waals surface area contributed by atoms with Crippen LogP contribution in [0.4, 0.5) is 0 Å². The first kappa shape index (κ1) is 10.5. The van der Waals surface area contributed by atoms with E-state index in [1.165, 1.54) is 12.8 Å². The summed E-state index contributed by atoms with van der Waals surface area (Å²) in [6.07, 6.45) is 3.55. The van der Waals surface area contributed by atoms with Crippen molar-refractivity contribution in [1.29, 1.82) is 0 Å². The number of carbonyl (C=O) groups is 1. The van der Waals surface area contributed by atoms with E-state index in [-0.39, 0.29) is 11.9 Å². The van der Waals surface area contributed by atoms with Gasteiger partial charge in [0, 0.05) is 19.1 Å². The zero-order chi connectivity index (χ0) is 10.8. The highest BCUT2D eigenvalue weighted by molar-refractivity contribution is 5.93. The van der Waals surface area contributed by atoms with Crippen molar-refractivity contribution in [3.63, 3.8) is 0 Å². The van der Waals surface area contributed by atoms with Gasteiger partial charge >= 0.3 is 0 Å². The number of nitrogens with zero attached hydrogens (tertiary/aromatic N) is 1. The molecule has 3 nitrogen and oxygen atoms in total. The quantitative estimate of drug-likeness (QED) is 0.590. The molecule has 1 aliphatic heterocycles. The van der Waals surface area contributed by atoms with Crippen LogP contribution < -0.4 is 5.73 Å². The summed E-state index contributed by atoms with van der Waals surface area (Å²) in [6, 6.07) is 0.288. The molecule has 1 amide bonds. The maximum Gasteiger partial charge on any atom is 0.298 e. The minimum Gasteiger partial charge on any atom is -0.331 e. The number of rotatable bonds is 0. The lowest BCUT2D eigenvalue weighted by molar-refractivity contribution is -0.124. The SMILES string of the molecule is CC#CC(=O)N1CC2CCCC(N)C2C1. The third-order valence-electron chi connectivity index (χ3n) is 3.67. The van der Waals surface area contributed by atoms with Gasteiger partial charge in [-0.05, 0) is 37.5 Å². The van der Waals surface area contributed by atoms with Gasteiger partial charge < -0.3 is 10.6 Å². The Morgan fingerprint density at radius 2 is 2.20 bits per heavy atom. The monoisotopic (exact) mass is 206 g/mol. The second kappa shape index (κ2) is 4.24. The molecule has 2 fully saturated rings. The van der Waals surface area contributed by atoms with Crippen LogP contribution >= 0.6 is 0 Å². The first-order valence-corrected chi connectivity index (χ1v) is 5.69. The van der Waals surface area contributed by atoms with Gasteiger partial charge in [-0.25, -0.2) is 0 Å². The lowest BCUT2D eigenvalue weighted by atomic mass is 9.78. The third-order valence-corrected chi connectivity index (χ3v) is 3.67. The summed E-state index contributed by atoms with van der Waals surface area (Å²) in [5.41, 5.74) is 6.08. The molecule has 0 aromatic rings. The normalized spacial score (nSPS) is 34.3. The van der Waals surface area contributed by atoms with E-state index >= 15 is 0 Å². The standard InChI is InChI=1S/C12H18N2O/c1-2-4-12(15)14-7-9-5-3-6-11(13)10(9)8-14/h9-11H,3,5-8,13H2,1H3. The van der Waals surface area contributed by atoms with Gasteiger partial charge in [0.05, 0.1) is 0 Å². The van der Waals surface area contributed by atoms with E-state index in [2.05, 4.69) is 11.8 Å². The lowest BCUT2D eigenvalue weighted by Crippen LogP contribution is -2.38. The molecule has 1 saturated heterocycles. The summed E-state index contributed by atoms with van der Waals surface area (Å²) in [4.78, 5) is 13.5. The highest BCUT2D eigenvalue weighted by atomic mass is 16.2. The van der Waals surface area contributed by atoms with Crippen molar-refractivity contribution in [2.45, 2.75) is 32.2 Å². The second-order valence-corrected chi connectivity index (χ2v) is 4.60. The minimum atomic E-state index is -0.0286. The minimum absolute atomic E-state index is 0.0286. The molecule has 2 rings (SSSR count). The van der Waals surface area contributed by atoms with Crippen molar-refractivity contribution in [2.75, 3.05) is 13.1 Å². The van der Waals surface area contributed by atoms with Crippen molar-refractivity contribution >= 4 is 5.91 Å². The molecule has 3 atom stereocenters. The van der Waals surface area contributed by atoms with Crippen molar-refractivity contribution in [2.24, 2.45) is 17.6 Å². The van der Waals surface area contributed by atoms with Crippen LogP contribution in [0.15, 0.2) is 0 Å². The molecular weight excluding hydrogens is 188 g/mol. The van der Waals surface area contributed by atoms with E-state index in [4.69, 9.17) is 5.73 Å². The molecule has 0 spiro atoms. The van der Waals surface area contributed by atoms with Crippen LogP contribution in [0, 0.1) is 23.7 Å². The van der Waals surface area contributed by atoms with Gasteiger partial charge in [-0.2, -0.15) is 0 Å².